The third kappa shape index (κ3) is 3.94. The van der Waals surface area contributed by atoms with Crippen LogP contribution >= 0.6 is 11.6 Å². The molecule has 0 unspecified atom stereocenters. The summed E-state index contributed by atoms with van der Waals surface area (Å²) >= 11 is 6.06. The second kappa shape index (κ2) is 6.71. The van der Waals surface area contributed by atoms with Crippen LogP contribution in [-0.2, 0) is 11.8 Å². The summed E-state index contributed by atoms with van der Waals surface area (Å²) in [7, 11) is 5.31. The average Bonchev–Trinajstić information content (AvgIpc) is 2.57. The Bertz CT molecular complexity index is 513. The number of carbonyl (C=O) groups is 2. The van der Waals surface area contributed by atoms with Crippen LogP contribution in [-0.4, -0.2) is 70.3 Å². The number of rotatable bonds is 6. The number of aryl methyl sites for hydroxylation is 2. The maximum atomic E-state index is 12.4. The monoisotopic (exact) mass is 302 g/mol. The summed E-state index contributed by atoms with van der Waals surface area (Å²) < 4.78 is 1.38. The molecule has 1 amide bonds. The van der Waals surface area contributed by atoms with Crippen molar-refractivity contribution in [3.05, 3.63) is 16.4 Å². The average molecular weight is 303 g/mol. The summed E-state index contributed by atoms with van der Waals surface area (Å²) in [5, 5.41) is 13.3. The largest absolute Gasteiger partial charge is 0.480 e. The number of aromatic nitrogens is 2. The normalized spacial score (nSPS) is 10.9. The zero-order valence-electron chi connectivity index (χ0n) is 12.1. The molecule has 0 saturated carbocycles. The smallest absolute Gasteiger partial charge is 0.323 e. The SMILES string of the molecule is Cc1nn(C)c(C(=O)N(CCN(C)C)CC(=O)O)c1Cl. The van der Waals surface area contributed by atoms with Crippen LogP contribution in [0.1, 0.15) is 16.2 Å². The van der Waals surface area contributed by atoms with E-state index in [0.717, 1.165) is 0 Å². The molecule has 0 aliphatic heterocycles. The van der Waals surface area contributed by atoms with Crippen molar-refractivity contribution in [3.63, 3.8) is 0 Å². The van der Waals surface area contributed by atoms with Gasteiger partial charge in [-0.2, -0.15) is 5.10 Å². The van der Waals surface area contributed by atoms with Gasteiger partial charge in [-0.15, -0.1) is 0 Å². The van der Waals surface area contributed by atoms with Crippen molar-refractivity contribution < 1.29 is 14.7 Å². The zero-order chi connectivity index (χ0) is 15.4. The van der Waals surface area contributed by atoms with E-state index in [-0.39, 0.29) is 17.3 Å². The van der Waals surface area contributed by atoms with Gasteiger partial charge in [0.25, 0.3) is 5.91 Å². The van der Waals surface area contributed by atoms with Crippen LogP contribution < -0.4 is 0 Å². The molecule has 0 radical (unpaired) electrons. The number of amides is 1. The Kier molecular flexibility index (Phi) is 5.52. The van der Waals surface area contributed by atoms with Crippen molar-refractivity contribution in [2.24, 2.45) is 7.05 Å². The lowest BCUT2D eigenvalue weighted by atomic mass is 10.3. The number of carboxylic acids is 1. The summed E-state index contributed by atoms with van der Waals surface area (Å²) in [6.45, 7) is 2.19. The molecule has 1 aromatic rings. The third-order valence-corrected chi connectivity index (χ3v) is 3.23. The molecule has 8 heteroatoms. The minimum atomic E-state index is -1.06. The van der Waals surface area contributed by atoms with Crippen LogP contribution in [0.2, 0.25) is 5.02 Å². The third-order valence-electron chi connectivity index (χ3n) is 2.78. The van der Waals surface area contributed by atoms with E-state index in [1.807, 2.05) is 19.0 Å². The van der Waals surface area contributed by atoms with Gasteiger partial charge in [0.2, 0.25) is 0 Å². The van der Waals surface area contributed by atoms with Crippen LogP contribution in [0.4, 0.5) is 0 Å². The second-order valence-corrected chi connectivity index (χ2v) is 5.17. The molecule has 0 saturated heterocycles. The first-order chi connectivity index (χ1) is 9.23. The van der Waals surface area contributed by atoms with Gasteiger partial charge in [0.05, 0.1) is 10.7 Å². The van der Waals surface area contributed by atoms with E-state index in [4.69, 9.17) is 16.7 Å². The summed E-state index contributed by atoms with van der Waals surface area (Å²) in [5.74, 6) is -1.49. The predicted octanol–water partition coefficient (Wildman–Crippen LogP) is 0.470. The van der Waals surface area contributed by atoms with Crippen molar-refractivity contribution in [1.82, 2.24) is 19.6 Å². The number of carboxylic acid groups (broad SMARTS) is 1. The van der Waals surface area contributed by atoms with Crippen molar-refractivity contribution in [2.45, 2.75) is 6.92 Å². The highest BCUT2D eigenvalue weighted by Crippen LogP contribution is 2.20. The van der Waals surface area contributed by atoms with Gasteiger partial charge in [-0.25, -0.2) is 0 Å². The molecule has 0 fully saturated rings. The fourth-order valence-electron chi connectivity index (χ4n) is 1.75. The number of hydrogen-bond acceptors (Lipinski definition) is 4. The van der Waals surface area contributed by atoms with Gasteiger partial charge in [-0.1, -0.05) is 11.6 Å². The lowest BCUT2D eigenvalue weighted by Crippen LogP contribution is -2.40. The number of hydrogen-bond donors (Lipinski definition) is 1. The summed E-state index contributed by atoms with van der Waals surface area (Å²) in [5.41, 5.74) is 0.754. The topological polar surface area (TPSA) is 78.7 Å². The number of likely N-dealkylation sites (N-methyl/N-ethyl adjacent to an activating group) is 1. The molecule has 0 atom stereocenters. The van der Waals surface area contributed by atoms with Gasteiger partial charge in [-0.05, 0) is 21.0 Å². The molecule has 1 heterocycles. The Morgan fingerprint density at radius 3 is 2.35 bits per heavy atom. The molecule has 1 rings (SSSR count). The van der Waals surface area contributed by atoms with Gasteiger partial charge in [0, 0.05) is 20.1 Å². The van der Waals surface area contributed by atoms with Gasteiger partial charge in [0.1, 0.15) is 12.2 Å². The van der Waals surface area contributed by atoms with E-state index in [0.29, 0.717) is 18.8 Å². The Morgan fingerprint density at radius 2 is 1.95 bits per heavy atom. The van der Waals surface area contributed by atoms with Crippen LogP contribution in [0.3, 0.4) is 0 Å². The van der Waals surface area contributed by atoms with Gasteiger partial charge in [-0.3, -0.25) is 14.3 Å². The van der Waals surface area contributed by atoms with Gasteiger partial charge in [0.15, 0.2) is 0 Å². The first kappa shape index (κ1) is 16.5. The molecule has 0 aromatic carbocycles. The Labute approximate surface area is 122 Å². The number of nitrogens with zero attached hydrogens (tertiary/aromatic N) is 4. The van der Waals surface area contributed by atoms with Crippen molar-refractivity contribution in [1.29, 1.82) is 0 Å². The van der Waals surface area contributed by atoms with E-state index >= 15 is 0 Å². The van der Waals surface area contributed by atoms with Crippen molar-refractivity contribution >= 4 is 23.5 Å². The molecule has 1 aromatic heterocycles. The van der Waals surface area contributed by atoms with Crippen LogP contribution in [0.25, 0.3) is 0 Å². The van der Waals surface area contributed by atoms with Gasteiger partial charge >= 0.3 is 5.97 Å². The summed E-state index contributed by atoms with van der Waals surface area (Å²) in [4.78, 5) is 26.5. The Balaban J connectivity index is 3.00. The first-order valence-corrected chi connectivity index (χ1v) is 6.46. The molecule has 0 spiro atoms. The molecule has 0 aliphatic carbocycles. The van der Waals surface area contributed by atoms with E-state index < -0.39 is 11.9 Å². The van der Waals surface area contributed by atoms with E-state index in [1.165, 1.54) is 9.58 Å². The van der Waals surface area contributed by atoms with Crippen LogP contribution in [0.5, 0.6) is 0 Å². The highest BCUT2D eigenvalue weighted by Gasteiger charge is 2.25. The quantitative estimate of drug-likeness (QED) is 0.826. The number of halogens is 1. The highest BCUT2D eigenvalue weighted by atomic mass is 35.5. The van der Waals surface area contributed by atoms with E-state index in [2.05, 4.69) is 5.10 Å². The van der Waals surface area contributed by atoms with Crippen LogP contribution in [0, 0.1) is 6.92 Å². The fraction of sp³-hybridized carbons (Fsp3) is 0.583. The summed E-state index contributed by atoms with van der Waals surface area (Å²) in [6.07, 6.45) is 0. The second-order valence-electron chi connectivity index (χ2n) is 4.80. The van der Waals surface area contributed by atoms with Crippen molar-refractivity contribution in [3.8, 4) is 0 Å². The van der Waals surface area contributed by atoms with Crippen LogP contribution in [0.15, 0.2) is 0 Å². The lowest BCUT2D eigenvalue weighted by molar-refractivity contribution is -0.137. The Morgan fingerprint density at radius 1 is 1.35 bits per heavy atom. The fourth-order valence-corrected chi connectivity index (χ4v) is 1.99. The Hall–Kier alpha value is -1.60. The maximum absolute atomic E-state index is 12.4. The molecule has 112 valence electrons. The molecule has 0 aliphatic rings. The zero-order valence-corrected chi connectivity index (χ0v) is 12.8. The molecule has 20 heavy (non-hydrogen) atoms. The number of aliphatic carboxylic acids is 1. The summed E-state index contributed by atoms with van der Waals surface area (Å²) in [6, 6.07) is 0. The first-order valence-electron chi connectivity index (χ1n) is 6.09. The van der Waals surface area contributed by atoms with E-state index in [1.54, 1.807) is 14.0 Å². The molecule has 7 nitrogen and oxygen atoms in total. The lowest BCUT2D eigenvalue weighted by Gasteiger charge is -2.22. The molecule has 0 bridgehead atoms. The van der Waals surface area contributed by atoms with E-state index in [9.17, 15) is 9.59 Å². The standard InChI is InChI=1S/C12H19ClN4O3/c1-8-10(13)11(16(4)14-8)12(20)17(7-9(18)19)6-5-15(2)3/h5-7H2,1-4H3,(H,18,19). The minimum Gasteiger partial charge on any atom is -0.480 e. The van der Waals surface area contributed by atoms with Crippen molar-refractivity contribution in [2.75, 3.05) is 33.7 Å². The van der Waals surface area contributed by atoms with Gasteiger partial charge < -0.3 is 14.9 Å². The molecular formula is C12H19ClN4O3. The molecule has 1 N–H and O–H groups in total. The highest BCUT2D eigenvalue weighted by molar-refractivity contribution is 6.34. The number of carbonyl (C=O) groups excluding carboxylic acids is 1. The molecular weight excluding hydrogens is 284 g/mol. The maximum Gasteiger partial charge on any atom is 0.323 e. The minimum absolute atomic E-state index is 0.212. The predicted molar refractivity (Wildman–Crippen MR) is 75.0 cm³/mol.